The Hall–Kier alpha value is -0.930. The number of hydrogen-bond acceptors (Lipinski definition) is 3. The molecule has 1 aliphatic rings. The summed E-state index contributed by atoms with van der Waals surface area (Å²) in [6.45, 7) is 5.39. The standard InChI is InChI=1S/C12H19N3/c1-10-11(4-3-6-13-10)8-14-12-5-7-15(2)9-12/h3-4,6,12,14H,5,7-9H2,1-2H3. The number of pyridine rings is 1. The number of likely N-dealkylation sites (N-methyl/N-ethyl adjacent to an activating group) is 1. The molecule has 0 radical (unpaired) electrons. The number of aromatic nitrogens is 1. The van der Waals surface area contributed by atoms with E-state index in [1.807, 2.05) is 12.3 Å². The molecule has 0 saturated carbocycles. The van der Waals surface area contributed by atoms with Crippen LogP contribution in [-0.4, -0.2) is 36.1 Å². The van der Waals surface area contributed by atoms with E-state index < -0.39 is 0 Å². The third kappa shape index (κ3) is 2.76. The van der Waals surface area contributed by atoms with Crippen LogP contribution in [0.15, 0.2) is 18.3 Å². The van der Waals surface area contributed by atoms with Gasteiger partial charge >= 0.3 is 0 Å². The van der Waals surface area contributed by atoms with E-state index in [1.165, 1.54) is 25.1 Å². The van der Waals surface area contributed by atoms with Crippen molar-refractivity contribution >= 4 is 0 Å². The minimum atomic E-state index is 0.648. The van der Waals surface area contributed by atoms with E-state index in [4.69, 9.17) is 0 Å². The monoisotopic (exact) mass is 205 g/mol. The molecule has 1 N–H and O–H groups in total. The first-order valence-corrected chi connectivity index (χ1v) is 5.58. The SMILES string of the molecule is Cc1ncccc1CNC1CCN(C)C1. The van der Waals surface area contributed by atoms with Gasteiger partial charge in [-0.1, -0.05) is 6.07 Å². The van der Waals surface area contributed by atoms with Gasteiger partial charge in [-0.25, -0.2) is 0 Å². The van der Waals surface area contributed by atoms with Gasteiger partial charge in [-0.2, -0.15) is 0 Å². The molecule has 1 fully saturated rings. The molecule has 1 aromatic heterocycles. The molecule has 2 heterocycles. The number of nitrogens with zero attached hydrogens (tertiary/aromatic N) is 2. The third-order valence-electron chi connectivity index (χ3n) is 3.09. The maximum absolute atomic E-state index is 4.29. The zero-order valence-electron chi connectivity index (χ0n) is 9.53. The fourth-order valence-electron chi connectivity index (χ4n) is 2.06. The Morgan fingerprint density at radius 2 is 2.47 bits per heavy atom. The van der Waals surface area contributed by atoms with Crippen molar-refractivity contribution in [3.05, 3.63) is 29.6 Å². The second-order valence-corrected chi connectivity index (χ2v) is 4.38. The maximum Gasteiger partial charge on any atom is 0.0417 e. The first-order valence-electron chi connectivity index (χ1n) is 5.58. The molecule has 3 nitrogen and oxygen atoms in total. The average Bonchev–Trinajstić information content (AvgIpc) is 2.63. The summed E-state index contributed by atoms with van der Waals surface area (Å²) in [5.74, 6) is 0. The molecule has 1 saturated heterocycles. The summed E-state index contributed by atoms with van der Waals surface area (Å²) in [7, 11) is 2.18. The Kier molecular flexibility index (Phi) is 3.34. The van der Waals surface area contributed by atoms with Crippen LogP contribution in [0.1, 0.15) is 17.7 Å². The van der Waals surface area contributed by atoms with Crippen molar-refractivity contribution in [2.45, 2.75) is 25.9 Å². The van der Waals surface area contributed by atoms with Crippen LogP contribution < -0.4 is 5.32 Å². The van der Waals surface area contributed by atoms with E-state index in [0.717, 1.165) is 12.2 Å². The Morgan fingerprint density at radius 1 is 1.60 bits per heavy atom. The molecule has 0 amide bonds. The molecule has 1 atom stereocenters. The highest BCUT2D eigenvalue weighted by Gasteiger charge is 2.18. The van der Waals surface area contributed by atoms with Crippen LogP contribution in [-0.2, 0) is 6.54 Å². The molecule has 2 rings (SSSR count). The highest BCUT2D eigenvalue weighted by Crippen LogP contribution is 2.08. The van der Waals surface area contributed by atoms with Crippen molar-refractivity contribution < 1.29 is 0 Å². The average molecular weight is 205 g/mol. The van der Waals surface area contributed by atoms with Crippen LogP contribution in [0.25, 0.3) is 0 Å². The van der Waals surface area contributed by atoms with Crippen molar-refractivity contribution in [2.75, 3.05) is 20.1 Å². The van der Waals surface area contributed by atoms with E-state index in [0.29, 0.717) is 6.04 Å². The van der Waals surface area contributed by atoms with Crippen LogP contribution in [0.2, 0.25) is 0 Å². The number of likely N-dealkylation sites (tertiary alicyclic amines) is 1. The quantitative estimate of drug-likeness (QED) is 0.803. The zero-order valence-corrected chi connectivity index (χ0v) is 9.53. The van der Waals surface area contributed by atoms with Crippen LogP contribution in [0, 0.1) is 6.92 Å². The smallest absolute Gasteiger partial charge is 0.0417 e. The Morgan fingerprint density at radius 3 is 3.13 bits per heavy atom. The number of rotatable bonds is 3. The largest absolute Gasteiger partial charge is 0.309 e. The highest BCUT2D eigenvalue weighted by molar-refractivity contribution is 5.17. The highest BCUT2D eigenvalue weighted by atomic mass is 15.2. The predicted molar refractivity (Wildman–Crippen MR) is 61.7 cm³/mol. The number of nitrogens with one attached hydrogen (secondary N) is 1. The van der Waals surface area contributed by atoms with Crippen molar-refractivity contribution in [1.82, 2.24) is 15.2 Å². The van der Waals surface area contributed by atoms with Crippen LogP contribution in [0.3, 0.4) is 0 Å². The number of aryl methyl sites for hydroxylation is 1. The summed E-state index contributed by atoms with van der Waals surface area (Å²) in [5, 5.41) is 3.59. The topological polar surface area (TPSA) is 28.2 Å². The van der Waals surface area contributed by atoms with Gasteiger partial charge in [0.25, 0.3) is 0 Å². The molecule has 0 bridgehead atoms. The number of hydrogen-bond donors (Lipinski definition) is 1. The Balaban J connectivity index is 1.86. The molecule has 82 valence electrons. The first-order chi connectivity index (χ1) is 7.25. The Labute approximate surface area is 91.5 Å². The van der Waals surface area contributed by atoms with Crippen molar-refractivity contribution in [2.24, 2.45) is 0 Å². The van der Waals surface area contributed by atoms with Crippen LogP contribution in [0.4, 0.5) is 0 Å². The van der Waals surface area contributed by atoms with E-state index in [9.17, 15) is 0 Å². The molecule has 1 aliphatic heterocycles. The first kappa shape index (κ1) is 10.6. The summed E-state index contributed by atoms with van der Waals surface area (Å²) in [5.41, 5.74) is 2.45. The van der Waals surface area contributed by atoms with Crippen LogP contribution >= 0.6 is 0 Å². The minimum Gasteiger partial charge on any atom is -0.309 e. The van der Waals surface area contributed by atoms with Crippen LogP contribution in [0.5, 0.6) is 0 Å². The van der Waals surface area contributed by atoms with Crippen molar-refractivity contribution in [3.63, 3.8) is 0 Å². The van der Waals surface area contributed by atoms with E-state index in [2.05, 4.69) is 35.2 Å². The zero-order chi connectivity index (χ0) is 10.7. The summed E-state index contributed by atoms with van der Waals surface area (Å²) >= 11 is 0. The molecule has 1 aromatic rings. The molecular formula is C12H19N3. The lowest BCUT2D eigenvalue weighted by atomic mass is 10.2. The van der Waals surface area contributed by atoms with E-state index in [-0.39, 0.29) is 0 Å². The molecule has 1 unspecified atom stereocenters. The third-order valence-corrected chi connectivity index (χ3v) is 3.09. The molecule has 0 spiro atoms. The second kappa shape index (κ2) is 4.73. The molecule has 15 heavy (non-hydrogen) atoms. The van der Waals surface area contributed by atoms with Gasteiger partial charge in [0.2, 0.25) is 0 Å². The molecule has 0 aliphatic carbocycles. The van der Waals surface area contributed by atoms with Gasteiger partial charge in [-0.15, -0.1) is 0 Å². The van der Waals surface area contributed by atoms with Gasteiger partial charge in [-0.05, 0) is 38.6 Å². The fraction of sp³-hybridized carbons (Fsp3) is 0.583. The lowest BCUT2D eigenvalue weighted by molar-refractivity contribution is 0.397. The normalized spacial score (nSPS) is 22.1. The van der Waals surface area contributed by atoms with Gasteiger partial charge < -0.3 is 10.2 Å². The maximum atomic E-state index is 4.29. The minimum absolute atomic E-state index is 0.648. The van der Waals surface area contributed by atoms with Gasteiger partial charge in [0.1, 0.15) is 0 Å². The summed E-state index contributed by atoms with van der Waals surface area (Å²) in [4.78, 5) is 6.66. The van der Waals surface area contributed by atoms with Gasteiger partial charge in [-0.3, -0.25) is 4.98 Å². The molecule has 3 heteroatoms. The summed E-state index contributed by atoms with van der Waals surface area (Å²) in [6.07, 6.45) is 3.11. The van der Waals surface area contributed by atoms with Gasteiger partial charge in [0.05, 0.1) is 0 Å². The molecular weight excluding hydrogens is 186 g/mol. The molecule has 0 aromatic carbocycles. The second-order valence-electron chi connectivity index (χ2n) is 4.38. The van der Waals surface area contributed by atoms with E-state index in [1.54, 1.807) is 0 Å². The Bertz CT molecular complexity index is 324. The van der Waals surface area contributed by atoms with E-state index >= 15 is 0 Å². The summed E-state index contributed by atoms with van der Waals surface area (Å²) < 4.78 is 0. The van der Waals surface area contributed by atoms with Gasteiger partial charge in [0.15, 0.2) is 0 Å². The summed E-state index contributed by atoms with van der Waals surface area (Å²) in [6, 6.07) is 4.80. The lowest BCUT2D eigenvalue weighted by Gasteiger charge is -2.13. The lowest BCUT2D eigenvalue weighted by Crippen LogP contribution is -2.31. The fourth-order valence-corrected chi connectivity index (χ4v) is 2.06. The van der Waals surface area contributed by atoms with Gasteiger partial charge in [0, 0.05) is 31.0 Å². The van der Waals surface area contributed by atoms with Crippen molar-refractivity contribution in [3.8, 4) is 0 Å². The predicted octanol–water partition coefficient (Wildman–Crippen LogP) is 1.18. The van der Waals surface area contributed by atoms with Crippen molar-refractivity contribution in [1.29, 1.82) is 0 Å².